The minimum Gasteiger partial charge on any atom is -0.431 e. The van der Waals surface area contributed by atoms with E-state index in [1.54, 1.807) is 6.20 Å². The van der Waals surface area contributed by atoms with Crippen LogP contribution in [-0.2, 0) is 4.74 Å². The van der Waals surface area contributed by atoms with Crippen molar-refractivity contribution in [3.63, 3.8) is 0 Å². The number of halogens is 2. The van der Waals surface area contributed by atoms with E-state index in [1.807, 2.05) is 0 Å². The number of nitrogens with zero attached hydrogens (tertiary/aromatic N) is 4. The third-order valence-corrected chi connectivity index (χ3v) is 7.15. The Morgan fingerprint density at radius 2 is 1.90 bits per heavy atom. The molecule has 2 aromatic rings. The Balaban J connectivity index is 1.30. The summed E-state index contributed by atoms with van der Waals surface area (Å²) in [5, 5.41) is 0. The van der Waals surface area contributed by atoms with Gasteiger partial charge in [-0.2, -0.15) is 8.78 Å². The van der Waals surface area contributed by atoms with Crippen LogP contribution in [0.25, 0.3) is 11.3 Å². The number of fused-ring (bicyclic) bond motifs is 1. The Labute approximate surface area is 179 Å². The molecule has 2 N–H and O–H groups in total. The monoisotopic (exact) mass is 429 g/mol. The molecule has 9 heteroatoms. The Kier molecular flexibility index (Phi) is 4.50. The highest BCUT2D eigenvalue weighted by molar-refractivity contribution is 5.67. The second kappa shape index (κ2) is 7.27. The van der Waals surface area contributed by atoms with Crippen LogP contribution in [0.1, 0.15) is 17.9 Å². The fraction of sp³-hybridized carbons (Fsp3) is 0.545. The molecule has 164 valence electrons. The van der Waals surface area contributed by atoms with Crippen molar-refractivity contribution in [3.8, 4) is 17.0 Å². The molecule has 0 bridgehead atoms. The Morgan fingerprint density at radius 1 is 1.13 bits per heavy atom. The third-order valence-electron chi connectivity index (χ3n) is 7.15. The van der Waals surface area contributed by atoms with E-state index in [0.29, 0.717) is 29.4 Å². The Bertz CT molecular complexity index is 986. The summed E-state index contributed by atoms with van der Waals surface area (Å²) in [7, 11) is 0. The molecule has 2 aromatic heterocycles. The summed E-state index contributed by atoms with van der Waals surface area (Å²) in [5.74, 6) is 2.63. The Hall–Kier alpha value is -2.52. The predicted molar refractivity (Wildman–Crippen MR) is 111 cm³/mol. The standard InChI is InChI=1S/C22H25F2N5O2/c23-22(24)31-18-5-13(7-26-21(18)25)17-4-12(6-19(27-17)28-2-1-3-28)20-15-8-29(9-16(15)20)14-10-30-11-14/h4-7,14-16,20,22H,1-3,8-11H2,(H2,25,26). The average Bonchev–Trinajstić information content (AvgIpc) is 3.15. The molecule has 0 aromatic carbocycles. The van der Waals surface area contributed by atoms with Gasteiger partial charge in [0.05, 0.1) is 24.9 Å². The van der Waals surface area contributed by atoms with Crippen LogP contribution >= 0.6 is 0 Å². The molecule has 7 nitrogen and oxygen atoms in total. The van der Waals surface area contributed by atoms with Gasteiger partial charge in [0.25, 0.3) is 0 Å². The van der Waals surface area contributed by atoms with Gasteiger partial charge in [-0.3, -0.25) is 4.90 Å². The second-order valence-corrected chi connectivity index (χ2v) is 8.97. The summed E-state index contributed by atoms with van der Waals surface area (Å²) in [6, 6.07) is 6.39. The third kappa shape index (κ3) is 3.40. The van der Waals surface area contributed by atoms with Gasteiger partial charge in [-0.1, -0.05) is 0 Å². The number of alkyl halides is 2. The highest BCUT2D eigenvalue weighted by atomic mass is 19.3. The van der Waals surface area contributed by atoms with Crippen LogP contribution in [-0.4, -0.2) is 66.9 Å². The molecule has 1 saturated carbocycles. The molecule has 1 aliphatic carbocycles. The van der Waals surface area contributed by atoms with Crippen LogP contribution in [0.15, 0.2) is 24.4 Å². The summed E-state index contributed by atoms with van der Waals surface area (Å²) in [6.45, 7) is 2.98. The van der Waals surface area contributed by atoms with Crippen molar-refractivity contribution in [1.82, 2.24) is 14.9 Å². The van der Waals surface area contributed by atoms with Crippen LogP contribution < -0.4 is 15.4 Å². The van der Waals surface area contributed by atoms with Crippen LogP contribution in [0.5, 0.6) is 5.75 Å². The molecule has 0 spiro atoms. The number of rotatable bonds is 6. The molecule has 0 radical (unpaired) electrons. The maximum absolute atomic E-state index is 12.7. The van der Waals surface area contributed by atoms with Crippen molar-refractivity contribution < 1.29 is 18.3 Å². The van der Waals surface area contributed by atoms with Gasteiger partial charge in [-0.25, -0.2) is 9.97 Å². The zero-order valence-corrected chi connectivity index (χ0v) is 17.1. The van der Waals surface area contributed by atoms with Gasteiger partial charge in [-0.15, -0.1) is 0 Å². The normalized spacial score (nSPS) is 27.7. The van der Waals surface area contributed by atoms with Crippen LogP contribution in [0.4, 0.5) is 20.4 Å². The maximum Gasteiger partial charge on any atom is 0.387 e. The van der Waals surface area contributed by atoms with Gasteiger partial charge in [0, 0.05) is 37.9 Å². The SMILES string of the molecule is Nc1ncc(-c2cc(C3C4CN(C5COC5)CC43)cc(N3CCC3)n2)cc1OC(F)F. The van der Waals surface area contributed by atoms with E-state index >= 15 is 0 Å². The average molecular weight is 429 g/mol. The lowest BCUT2D eigenvalue weighted by molar-refractivity contribution is -0.0609. The van der Waals surface area contributed by atoms with Crippen molar-refractivity contribution in [1.29, 1.82) is 0 Å². The van der Waals surface area contributed by atoms with Crippen molar-refractivity contribution in [3.05, 3.63) is 30.0 Å². The molecule has 31 heavy (non-hydrogen) atoms. The number of hydrogen-bond acceptors (Lipinski definition) is 7. The first-order valence-electron chi connectivity index (χ1n) is 10.9. The largest absolute Gasteiger partial charge is 0.431 e. The quantitative estimate of drug-likeness (QED) is 0.756. The summed E-state index contributed by atoms with van der Waals surface area (Å²) < 4.78 is 35.4. The van der Waals surface area contributed by atoms with E-state index < -0.39 is 6.61 Å². The highest BCUT2D eigenvalue weighted by Gasteiger charge is 2.57. The lowest BCUT2D eigenvalue weighted by atomic mass is 10.0. The maximum atomic E-state index is 12.7. The molecule has 5 heterocycles. The van der Waals surface area contributed by atoms with Crippen LogP contribution in [0.2, 0.25) is 0 Å². The van der Waals surface area contributed by atoms with E-state index in [9.17, 15) is 8.78 Å². The lowest BCUT2D eigenvalue weighted by Crippen LogP contribution is -2.48. The number of pyridine rings is 2. The van der Waals surface area contributed by atoms with Crippen molar-refractivity contribution in [2.45, 2.75) is 25.0 Å². The molecule has 4 fully saturated rings. The number of aromatic nitrogens is 2. The van der Waals surface area contributed by atoms with E-state index in [2.05, 4.69) is 31.7 Å². The van der Waals surface area contributed by atoms with Crippen molar-refractivity contribution in [2.24, 2.45) is 11.8 Å². The fourth-order valence-corrected chi connectivity index (χ4v) is 5.16. The fourth-order valence-electron chi connectivity index (χ4n) is 5.16. The Morgan fingerprint density at radius 3 is 2.52 bits per heavy atom. The number of ether oxygens (including phenoxy) is 2. The number of likely N-dealkylation sites (tertiary alicyclic amines) is 1. The van der Waals surface area contributed by atoms with E-state index in [4.69, 9.17) is 15.5 Å². The van der Waals surface area contributed by atoms with Gasteiger partial charge < -0.3 is 20.1 Å². The zero-order chi connectivity index (χ0) is 21.1. The minimum absolute atomic E-state index is 0.0556. The molecule has 2 atom stereocenters. The molecule has 2 unspecified atom stereocenters. The number of nitrogens with two attached hydrogens (primary N) is 1. The minimum atomic E-state index is -2.95. The first-order valence-corrected chi connectivity index (χ1v) is 10.9. The lowest BCUT2D eigenvalue weighted by Gasteiger charge is -2.36. The first kappa shape index (κ1) is 19.2. The molecular weight excluding hydrogens is 404 g/mol. The summed E-state index contributed by atoms with van der Waals surface area (Å²) in [4.78, 5) is 13.7. The van der Waals surface area contributed by atoms with Crippen molar-refractivity contribution >= 4 is 11.6 Å². The topological polar surface area (TPSA) is 76.7 Å². The molecule has 0 amide bonds. The van der Waals surface area contributed by atoms with Gasteiger partial charge >= 0.3 is 6.61 Å². The summed E-state index contributed by atoms with van der Waals surface area (Å²) in [6.07, 6.45) is 2.73. The van der Waals surface area contributed by atoms with Crippen LogP contribution in [0.3, 0.4) is 0 Å². The summed E-state index contributed by atoms with van der Waals surface area (Å²) in [5.41, 5.74) is 8.35. The summed E-state index contributed by atoms with van der Waals surface area (Å²) >= 11 is 0. The number of nitrogen functional groups attached to an aromatic ring is 1. The first-order chi connectivity index (χ1) is 15.1. The van der Waals surface area contributed by atoms with Crippen LogP contribution in [0, 0.1) is 11.8 Å². The zero-order valence-electron chi connectivity index (χ0n) is 17.1. The van der Waals surface area contributed by atoms with E-state index in [0.717, 1.165) is 57.3 Å². The molecule has 4 aliphatic rings. The van der Waals surface area contributed by atoms with Gasteiger partial charge in [0.2, 0.25) is 0 Å². The van der Waals surface area contributed by atoms with E-state index in [1.165, 1.54) is 11.6 Å². The predicted octanol–water partition coefficient (Wildman–Crippen LogP) is 2.58. The van der Waals surface area contributed by atoms with E-state index in [-0.39, 0.29) is 11.6 Å². The highest BCUT2D eigenvalue weighted by Crippen LogP contribution is 2.59. The van der Waals surface area contributed by atoms with Gasteiger partial charge in [0.1, 0.15) is 5.82 Å². The smallest absolute Gasteiger partial charge is 0.387 e. The molecule has 3 saturated heterocycles. The number of hydrogen-bond donors (Lipinski definition) is 1. The number of anilines is 2. The number of piperidine rings is 1. The molecule has 3 aliphatic heterocycles. The van der Waals surface area contributed by atoms with Gasteiger partial charge in [-0.05, 0) is 47.9 Å². The molecule has 6 rings (SSSR count). The second-order valence-electron chi connectivity index (χ2n) is 8.97. The van der Waals surface area contributed by atoms with Gasteiger partial charge in [0.15, 0.2) is 11.6 Å². The molecular formula is C22H25F2N5O2. The van der Waals surface area contributed by atoms with Crippen molar-refractivity contribution in [2.75, 3.05) is 50.0 Å².